The molecule has 0 bridgehead atoms. The van der Waals surface area contributed by atoms with Crippen molar-refractivity contribution in [3.63, 3.8) is 0 Å². The summed E-state index contributed by atoms with van der Waals surface area (Å²) in [5, 5.41) is 37.4. The lowest BCUT2D eigenvalue weighted by atomic mass is 9.98. The number of nitrogens with one attached hydrogen (secondary N) is 4. The quantitative estimate of drug-likeness (QED) is 0.0604. The van der Waals surface area contributed by atoms with Crippen molar-refractivity contribution in [2.24, 2.45) is 5.73 Å². The van der Waals surface area contributed by atoms with Crippen LogP contribution >= 0.6 is 0 Å². The second kappa shape index (κ2) is 22.5. The molecule has 6 rings (SSSR count). The molecule has 2 aliphatic rings. The first-order chi connectivity index (χ1) is 29.9. The van der Waals surface area contributed by atoms with Gasteiger partial charge in [0.1, 0.15) is 17.5 Å². The zero-order valence-corrected chi connectivity index (χ0v) is 36.0. The lowest BCUT2D eigenvalue weighted by Gasteiger charge is -2.33. The number of nitrogens with zero attached hydrogens (tertiary/aromatic N) is 4. The van der Waals surface area contributed by atoms with Crippen molar-refractivity contribution in [2.45, 2.75) is 95.9 Å². The molecule has 16 nitrogen and oxygen atoms in total. The lowest BCUT2D eigenvalue weighted by molar-refractivity contribution is -0.132. The summed E-state index contributed by atoms with van der Waals surface area (Å²) in [4.78, 5) is 54.4. The van der Waals surface area contributed by atoms with Crippen LogP contribution in [0.4, 0.5) is 0 Å². The molecule has 2 fully saturated rings. The molecule has 3 aromatic carbocycles. The van der Waals surface area contributed by atoms with E-state index in [4.69, 9.17) is 10.5 Å². The van der Waals surface area contributed by atoms with Gasteiger partial charge in [0.05, 0.1) is 23.9 Å². The molecule has 0 saturated carbocycles. The molecular formula is C46H63N9O7. The monoisotopic (exact) mass is 853 g/mol. The van der Waals surface area contributed by atoms with E-state index in [2.05, 4.69) is 31.0 Å². The summed E-state index contributed by atoms with van der Waals surface area (Å²) in [5.74, 6) is -0.471. The first-order valence-electron chi connectivity index (χ1n) is 22.0. The van der Waals surface area contributed by atoms with Crippen LogP contribution in [-0.4, -0.2) is 123 Å². The van der Waals surface area contributed by atoms with E-state index in [0.29, 0.717) is 61.7 Å². The van der Waals surface area contributed by atoms with Crippen molar-refractivity contribution in [3.05, 3.63) is 93.9 Å². The molecule has 1 atom stereocenters. The van der Waals surface area contributed by atoms with Gasteiger partial charge in [-0.1, -0.05) is 56.3 Å². The van der Waals surface area contributed by atoms with E-state index in [1.165, 1.54) is 10.6 Å². The van der Waals surface area contributed by atoms with Crippen molar-refractivity contribution >= 4 is 17.7 Å². The minimum absolute atomic E-state index is 0.00465. The molecular weight excluding hydrogens is 791 g/mol. The maximum Gasteiger partial charge on any atom is 0.348 e. The highest BCUT2D eigenvalue weighted by Gasteiger charge is 2.26. The maximum absolute atomic E-state index is 12.9. The zero-order chi connectivity index (χ0) is 44.0. The molecule has 16 heteroatoms. The van der Waals surface area contributed by atoms with Gasteiger partial charge in [-0.3, -0.25) is 19.3 Å². The van der Waals surface area contributed by atoms with Crippen molar-refractivity contribution < 1.29 is 29.3 Å². The number of amides is 3. The number of piperidine rings is 2. The van der Waals surface area contributed by atoms with Crippen LogP contribution in [-0.2, 0) is 32.1 Å². The zero-order valence-electron chi connectivity index (χ0n) is 36.0. The number of carbonyl (C=O) groups excluding carboxylic acids is 3. The number of aryl methyl sites for hydroxylation is 1. The number of H-pyrrole nitrogens is 1. The average molecular weight is 854 g/mol. The smallest absolute Gasteiger partial charge is 0.348 e. The largest absolute Gasteiger partial charge is 0.508 e. The number of aromatic amines is 1. The van der Waals surface area contributed by atoms with Crippen LogP contribution in [0.25, 0.3) is 17.1 Å². The number of primary amides is 1. The molecule has 334 valence electrons. The predicted molar refractivity (Wildman–Crippen MR) is 237 cm³/mol. The van der Waals surface area contributed by atoms with Crippen LogP contribution in [0.3, 0.4) is 0 Å². The summed E-state index contributed by atoms with van der Waals surface area (Å²) in [6, 6.07) is 20.0. The standard InChI is InChI=1S/C46H63N9O7/c1-31(2)37-27-38(41(57)28-40(37)56)45-51-52-46(61)55(45)35-13-10-33(11-14-35)29-48-20-21-49-34-16-24-54(25-17-34)43(59)9-6-26-62-36-18-22-53(23-19-36)30-42(58)50-39(44(47)60)15-12-32-7-4-3-5-8-32/h3-5,7-8,10-11,13-14,27-28,31,34,36,39,48-49,56-57H,6,9,12,15-26,29-30H2,1-2H3,(H2,47,60)(H,50,58)(H,52,61). The molecule has 1 unspecified atom stereocenters. The van der Waals surface area contributed by atoms with Gasteiger partial charge in [0.15, 0.2) is 5.82 Å². The highest BCUT2D eigenvalue weighted by atomic mass is 16.5. The number of hydrogen-bond donors (Lipinski definition) is 7. The Bertz CT molecular complexity index is 2120. The number of benzene rings is 3. The Morgan fingerprint density at radius 2 is 1.65 bits per heavy atom. The highest BCUT2D eigenvalue weighted by molar-refractivity contribution is 5.87. The van der Waals surface area contributed by atoms with Crippen LogP contribution < -0.4 is 27.4 Å². The fraction of sp³-hybridized carbons (Fsp3) is 0.500. The number of likely N-dealkylation sites (tertiary alicyclic amines) is 2. The molecule has 3 amide bonds. The van der Waals surface area contributed by atoms with Crippen molar-refractivity contribution in [2.75, 3.05) is 52.4 Å². The van der Waals surface area contributed by atoms with E-state index in [1.807, 2.05) is 73.3 Å². The first kappa shape index (κ1) is 46.0. The van der Waals surface area contributed by atoms with E-state index in [1.54, 1.807) is 6.07 Å². The molecule has 62 heavy (non-hydrogen) atoms. The Morgan fingerprint density at radius 3 is 2.34 bits per heavy atom. The van der Waals surface area contributed by atoms with Gasteiger partial charge in [-0.15, -0.1) is 0 Å². The van der Waals surface area contributed by atoms with Crippen LogP contribution in [0.1, 0.15) is 81.4 Å². The third-order valence-electron chi connectivity index (χ3n) is 11.8. The lowest BCUT2D eigenvalue weighted by Crippen LogP contribution is -2.49. The van der Waals surface area contributed by atoms with Crippen molar-refractivity contribution in [1.82, 2.24) is 40.5 Å². The average Bonchev–Trinajstić information content (AvgIpc) is 3.65. The summed E-state index contributed by atoms with van der Waals surface area (Å²) >= 11 is 0. The van der Waals surface area contributed by atoms with Crippen LogP contribution in [0, 0.1) is 0 Å². The topological polar surface area (TPSA) is 220 Å². The van der Waals surface area contributed by atoms with Gasteiger partial charge in [0, 0.05) is 70.9 Å². The molecule has 2 saturated heterocycles. The fourth-order valence-electron chi connectivity index (χ4n) is 8.20. The number of carbonyl (C=O) groups is 3. The number of ether oxygens (including phenoxy) is 1. The number of aromatic nitrogens is 3. The van der Waals surface area contributed by atoms with E-state index >= 15 is 0 Å². The summed E-state index contributed by atoms with van der Waals surface area (Å²) < 4.78 is 7.51. The van der Waals surface area contributed by atoms with E-state index in [0.717, 1.165) is 76.1 Å². The van der Waals surface area contributed by atoms with Crippen LogP contribution in [0.15, 0.2) is 71.5 Å². The molecule has 0 aliphatic carbocycles. The summed E-state index contributed by atoms with van der Waals surface area (Å²) in [7, 11) is 0. The molecule has 0 radical (unpaired) electrons. The Hall–Kier alpha value is -5.55. The van der Waals surface area contributed by atoms with Gasteiger partial charge in [0.2, 0.25) is 17.7 Å². The minimum Gasteiger partial charge on any atom is -0.508 e. The molecule has 4 aromatic rings. The first-order valence-corrected chi connectivity index (χ1v) is 22.0. The number of phenols is 2. The summed E-state index contributed by atoms with van der Waals surface area (Å²) in [5.41, 5.74) is 8.87. The second-order valence-electron chi connectivity index (χ2n) is 16.7. The van der Waals surface area contributed by atoms with Gasteiger partial charge in [-0.25, -0.2) is 14.5 Å². The molecule has 0 spiro atoms. The predicted octanol–water partition coefficient (Wildman–Crippen LogP) is 3.30. The Morgan fingerprint density at radius 1 is 0.919 bits per heavy atom. The van der Waals surface area contributed by atoms with E-state index < -0.39 is 17.6 Å². The summed E-state index contributed by atoms with van der Waals surface area (Å²) in [6.07, 6.45) is 5.80. The van der Waals surface area contributed by atoms with E-state index in [9.17, 15) is 29.4 Å². The Labute approximate surface area is 363 Å². The number of phenolic OH excluding ortho intramolecular Hbond substituents is 2. The third kappa shape index (κ3) is 13.0. The number of nitrogens with two attached hydrogens (primary N) is 1. The van der Waals surface area contributed by atoms with Gasteiger partial charge >= 0.3 is 5.69 Å². The summed E-state index contributed by atoms with van der Waals surface area (Å²) in [6.45, 7) is 9.77. The normalized spacial score (nSPS) is 15.8. The Kier molecular flexibility index (Phi) is 16.7. The highest BCUT2D eigenvalue weighted by Crippen LogP contribution is 2.37. The molecule has 3 heterocycles. The van der Waals surface area contributed by atoms with Gasteiger partial charge in [0.25, 0.3) is 0 Å². The maximum atomic E-state index is 12.9. The molecule has 2 aliphatic heterocycles. The number of hydrogen-bond acceptors (Lipinski definition) is 11. The van der Waals surface area contributed by atoms with Crippen molar-refractivity contribution in [1.29, 1.82) is 0 Å². The van der Waals surface area contributed by atoms with E-state index in [-0.39, 0.29) is 47.7 Å². The van der Waals surface area contributed by atoms with Gasteiger partial charge < -0.3 is 41.5 Å². The SMILES string of the molecule is CC(C)c1cc(-c2n[nH]c(=O)n2-c2ccc(CNCCNC3CCN(C(=O)CCCOC4CCN(CC(=O)NC(CCc5ccccc5)C(N)=O)CC4)CC3)cc2)c(O)cc1O. The number of rotatable bonds is 21. The van der Waals surface area contributed by atoms with Crippen LogP contribution in [0.5, 0.6) is 11.5 Å². The minimum atomic E-state index is -0.703. The van der Waals surface area contributed by atoms with Crippen molar-refractivity contribution in [3.8, 4) is 28.6 Å². The van der Waals surface area contributed by atoms with Gasteiger partial charge in [-0.05, 0) is 85.8 Å². The second-order valence-corrected chi connectivity index (χ2v) is 16.7. The molecule has 8 N–H and O–H groups in total. The fourth-order valence-corrected chi connectivity index (χ4v) is 8.20. The van der Waals surface area contributed by atoms with Gasteiger partial charge in [-0.2, -0.15) is 5.10 Å². The van der Waals surface area contributed by atoms with Crippen LogP contribution in [0.2, 0.25) is 0 Å². The number of aromatic hydroxyl groups is 2. The molecule has 1 aromatic heterocycles. The third-order valence-corrected chi connectivity index (χ3v) is 11.8. The Balaban J connectivity index is 0.806.